The Morgan fingerprint density at radius 2 is 2.25 bits per heavy atom. The Kier molecular flexibility index (Phi) is 4.10. The molecular weight excluding hydrogens is 206 g/mol. The molecule has 0 amide bonds. The molecular formula is C11H17N3O2. The summed E-state index contributed by atoms with van der Waals surface area (Å²) < 4.78 is 4.72. The molecule has 0 bridgehead atoms. The minimum absolute atomic E-state index is 0.0915. The second-order valence-electron chi connectivity index (χ2n) is 3.83. The number of hydrogen-bond donors (Lipinski definition) is 2. The van der Waals surface area contributed by atoms with Gasteiger partial charge in [0.15, 0.2) is 0 Å². The van der Waals surface area contributed by atoms with Gasteiger partial charge in [-0.25, -0.2) is 9.78 Å². The number of nitrogen functional groups attached to an aromatic ring is 1. The van der Waals surface area contributed by atoms with Crippen LogP contribution in [0.2, 0.25) is 0 Å². The van der Waals surface area contributed by atoms with Gasteiger partial charge in [0, 0.05) is 6.20 Å². The van der Waals surface area contributed by atoms with E-state index in [9.17, 15) is 4.79 Å². The number of nitrogens with two attached hydrogens (primary N) is 1. The standard InChI is InChI=1S/C11H17N3O2/c1-7(2)9(11(15)16-3)14-10-8(12)5-4-6-13-10/h4-7,9H,12H2,1-3H3,(H,13,14). The van der Waals surface area contributed by atoms with E-state index in [4.69, 9.17) is 10.5 Å². The smallest absolute Gasteiger partial charge is 0.328 e. The summed E-state index contributed by atoms with van der Waals surface area (Å²) >= 11 is 0. The van der Waals surface area contributed by atoms with Crippen LogP contribution in [0, 0.1) is 5.92 Å². The van der Waals surface area contributed by atoms with Crippen LogP contribution in [0.3, 0.4) is 0 Å². The Bertz CT molecular complexity index is 366. The lowest BCUT2D eigenvalue weighted by molar-refractivity contribution is -0.142. The molecule has 1 atom stereocenters. The zero-order valence-corrected chi connectivity index (χ0v) is 9.73. The fourth-order valence-corrected chi connectivity index (χ4v) is 1.31. The average molecular weight is 223 g/mol. The van der Waals surface area contributed by atoms with Crippen molar-refractivity contribution in [2.45, 2.75) is 19.9 Å². The van der Waals surface area contributed by atoms with Gasteiger partial charge in [0.25, 0.3) is 0 Å². The summed E-state index contributed by atoms with van der Waals surface area (Å²) in [5.74, 6) is 0.278. The largest absolute Gasteiger partial charge is 0.467 e. The fraction of sp³-hybridized carbons (Fsp3) is 0.455. The Morgan fingerprint density at radius 3 is 2.75 bits per heavy atom. The lowest BCUT2D eigenvalue weighted by Gasteiger charge is -2.20. The molecule has 3 N–H and O–H groups in total. The number of pyridine rings is 1. The minimum atomic E-state index is -0.442. The average Bonchev–Trinajstić information content (AvgIpc) is 2.26. The molecule has 1 heterocycles. The number of nitrogens with zero attached hydrogens (tertiary/aromatic N) is 1. The summed E-state index contributed by atoms with van der Waals surface area (Å²) in [6.07, 6.45) is 1.62. The predicted molar refractivity (Wildman–Crippen MR) is 62.9 cm³/mol. The molecule has 0 saturated heterocycles. The molecule has 0 aliphatic heterocycles. The quantitative estimate of drug-likeness (QED) is 0.752. The van der Waals surface area contributed by atoms with Gasteiger partial charge >= 0.3 is 5.97 Å². The van der Waals surface area contributed by atoms with Crippen molar-refractivity contribution < 1.29 is 9.53 Å². The number of hydrogen-bond acceptors (Lipinski definition) is 5. The molecule has 0 aromatic carbocycles. The molecule has 1 rings (SSSR count). The third kappa shape index (κ3) is 2.85. The van der Waals surface area contributed by atoms with E-state index in [1.807, 2.05) is 13.8 Å². The SMILES string of the molecule is COC(=O)C(Nc1ncccc1N)C(C)C. The highest BCUT2D eigenvalue weighted by molar-refractivity contribution is 5.80. The molecule has 5 heteroatoms. The van der Waals surface area contributed by atoms with E-state index in [1.165, 1.54) is 7.11 Å². The van der Waals surface area contributed by atoms with Gasteiger partial charge in [-0.15, -0.1) is 0 Å². The first-order valence-electron chi connectivity index (χ1n) is 5.11. The molecule has 0 aliphatic carbocycles. The predicted octanol–water partition coefficient (Wildman–Crippen LogP) is 1.27. The van der Waals surface area contributed by atoms with Crippen molar-refractivity contribution in [3.63, 3.8) is 0 Å². The monoisotopic (exact) mass is 223 g/mol. The van der Waals surface area contributed by atoms with E-state index in [2.05, 4.69) is 10.3 Å². The number of anilines is 2. The first-order chi connectivity index (χ1) is 7.56. The molecule has 1 unspecified atom stereocenters. The second-order valence-corrected chi connectivity index (χ2v) is 3.83. The summed E-state index contributed by atoms with van der Waals surface area (Å²) in [5, 5.41) is 2.99. The summed E-state index contributed by atoms with van der Waals surface area (Å²) in [6.45, 7) is 3.85. The molecule has 0 fully saturated rings. The maximum atomic E-state index is 11.5. The van der Waals surface area contributed by atoms with Crippen molar-refractivity contribution >= 4 is 17.5 Å². The number of rotatable bonds is 4. The number of esters is 1. The molecule has 5 nitrogen and oxygen atoms in total. The molecule has 0 spiro atoms. The molecule has 0 aliphatic rings. The Balaban J connectivity index is 2.84. The van der Waals surface area contributed by atoms with Gasteiger partial charge in [0.2, 0.25) is 0 Å². The molecule has 1 aromatic heterocycles. The zero-order chi connectivity index (χ0) is 12.1. The highest BCUT2D eigenvalue weighted by Gasteiger charge is 2.23. The number of carbonyl (C=O) groups excluding carboxylic acids is 1. The van der Waals surface area contributed by atoms with Crippen LogP contribution in [-0.2, 0) is 9.53 Å². The van der Waals surface area contributed by atoms with Gasteiger partial charge in [-0.3, -0.25) is 0 Å². The van der Waals surface area contributed by atoms with E-state index in [0.717, 1.165) is 0 Å². The third-order valence-corrected chi connectivity index (χ3v) is 2.25. The van der Waals surface area contributed by atoms with Crippen LogP contribution in [0.25, 0.3) is 0 Å². The fourth-order valence-electron chi connectivity index (χ4n) is 1.31. The first kappa shape index (κ1) is 12.3. The maximum Gasteiger partial charge on any atom is 0.328 e. The van der Waals surface area contributed by atoms with Gasteiger partial charge in [-0.05, 0) is 18.1 Å². The van der Waals surface area contributed by atoms with Crippen molar-refractivity contribution in [3.05, 3.63) is 18.3 Å². The maximum absolute atomic E-state index is 11.5. The highest BCUT2D eigenvalue weighted by atomic mass is 16.5. The summed E-state index contributed by atoms with van der Waals surface area (Å²) in [5.41, 5.74) is 6.24. The van der Waals surface area contributed by atoms with Gasteiger partial charge in [-0.2, -0.15) is 0 Å². The molecule has 88 valence electrons. The van der Waals surface area contributed by atoms with Crippen molar-refractivity contribution in [1.82, 2.24) is 4.98 Å². The number of ether oxygens (including phenoxy) is 1. The van der Waals surface area contributed by atoms with Crippen molar-refractivity contribution in [1.29, 1.82) is 0 Å². The molecule has 16 heavy (non-hydrogen) atoms. The Hall–Kier alpha value is -1.78. The number of nitrogens with one attached hydrogen (secondary N) is 1. The summed E-state index contributed by atoms with van der Waals surface area (Å²) in [4.78, 5) is 15.6. The van der Waals surface area contributed by atoms with E-state index in [0.29, 0.717) is 11.5 Å². The Labute approximate surface area is 95.0 Å². The van der Waals surface area contributed by atoms with Gasteiger partial charge in [0.1, 0.15) is 11.9 Å². The lowest BCUT2D eigenvalue weighted by atomic mass is 10.0. The number of methoxy groups -OCH3 is 1. The van der Waals surface area contributed by atoms with Crippen molar-refractivity contribution in [3.8, 4) is 0 Å². The van der Waals surface area contributed by atoms with E-state index >= 15 is 0 Å². The van der Waals surface area contributed by atoms with Gasteiger partial charge in [-0.1, -0.05) is 13.8 Å². The topological polar surface area (TPSA) is 77.2 Å². The highest BCUT2D eigenvalue weighted by Crippen LogP contribution is 2.17. The first-order valence-corrected chi connectivity index (χ1v) is 5.11. The molecule has 0 radical (unpaired) electrons. The van der Waals surface area contributed by atoms with Crippen LogP contribution in [0.15, 0.2) is 18.3 Å². The van der Waals surface area contributed by atoms with Crippen LogP contribution in [0.5, 0.6) is 0 Å². The van der Waals surface area contributed by atoms with Crippen molar-refractivity contribution in [2.24, 2.45) is 5.92 Å². The Morgan fingerprint density at radius 1 is 1.56 bits per heavy atom. The number of carbonyl (C=O) groups is 1. The lowest BCUT2D eigenvalue weighted by Crippen LogP contribution is -2.36. The van der Waals surface area contributed by atoms with Crippen LogP contribution in [-0.4, -0.2) is 24.1 Å². The molecule has 0 saturated carbocycles. The van der Waals surface area contributed by atoms with E-state index in [1.54, 1.807) is 18.3 Å². The van der Waals surface area contributed by atoms with Gasteiger partial charge < -0.3 is 15.8 Å². The van der Waals surface area contributed by atoms with Crippen LogP contribution < -0.4 is 11.1 Å². The van der Waals surface area contributed by atoms with E-state index < -0.39 is 6.04 Å². The third-order valence-electron chi connectivity index (χ3n) is 2.25. The molecule has 1 aromatic rings. The van der Waals surface area contributed by atoms with Crippen LogP contribution in [0.1, 0.15) is 13.8 Å². The van der Waals surface area contributed by atoms with Gasteiger partial charge in [0.05, 0.1) is 12.8 Å². The normalized spacial score (nSPS) is 12.2. The van der Waals surface area contributed by atoms with Crippen LogP contribution >= 0.6 is 0 Å². The minimum Gasteiger partial charge on any atom is -0.467 e. The zero-order valence-electron chi connectivity index (χ0n) is 9.73. The summed E-state index contributed by atoms with van der Waals surface area (Å²) in [6, 6.07) is 3.02. The van der Waals surface area contributed by atoms with Crippen LogP contribution in [0.4, 0.5) is 11.5 Å². The summed E-state index contributed by atoms with van der Waals surface area (Å²) in [7, 11) is 1.36. The van der Waals surface area contributed by atoms with Crippen molar-refractivity contribution in [2.75, 3.05) is 18.2 Å². The second kappa shape index (κ2) is 5.34. The number of aromatic nitrogens is 1. The van der Waals surface area contributed by atoms with E-state index in [-0.39, 0.29) is 11.9 Å².